The van der Waals surface area contributed by atoms with Crippen molar-refractivity contribution in [1.82, 2.24) is 0 Å². The number of esters is 1. The maximum absolute atomic E-state index is 11.0. The van der Waals surface area contributed by atoms with Gasteiger partial charge in [0.25, 0.3) is 0 Å². The molecule has 0 aromatic carbocycles. The van der Waals surface area contributed by atoms with E-state index in [0.717, 1.165) is 24.0 Å². The summed E-state index contributed by atoms with van der Waals surface area (Å²) in [6.07, 6.45) is 9.53. The lowest BCUT2D eigenvalue weighted by Crippen LogP contribution is -2.02. The maximum atomic E-state index is 11.0. The van der Waals surface area contributed by atoms with Gasteiger partial charge in [-0.2, -0.15) is 0 Å². The van der Waals surface area contributed by atoms with Gasteiger partial charge in [-0.05, 0) is 24.3 Å². The van der Waals surface area contributed by atoms with E-state index in [4.69, 9.17) is 4.74 Å². The fourth-order valence-electron chi connectivity index (χ4n) is 1.93. The number of rotatable bonds is 10. The standard InChI is InChI=1S/C18H28O2/c1-7-9-14(3)10-11-15(4)16(5)12-13-17(6)20-18(19)8-2/h8,12-15H,2,5-7,9-11H2,1,3-4H3/b13-12-. The minimum Gasteiger partial charge on any atom is -0.424 e. The van der Waals surface area contributed by atoms with Crippen molar-refractivity contribution in [2.75, 3.05) is 0 Å². The highest BCUT2D eigenvalue weighted by atomic mass is 16.5. The quantitative estimate of drug-likeness (QED) is 0.237. The van der Waals surface area contributed by atoms with E-state index in [0.29, 0.717) is 11.7 Å². The lowest BCUT2D eigenvalue weighted by atomic mass is 9.91. The van der Waals surface area contributed by atoms with E-state index in [9.17, 15) is 4.79 Å². The van der Waals surface area contributed by atoms with Gasteiger partial charge in [-0.15, -0.1) is 0 Å². The van der Waals surface area contributed by atoms with Crippen molar-refractivity contribution < 1.29 is 9.53 Å². The van der Waals surface area contributed by atoms with Gasteiger partial charge in [-0.3, -0.25) is 0 Å². The number of carbonyl (C=O) groups is 1. The Hall–Kier alpha value is -1.57. The fourth-order valence-corrected chi connectivity index (χ4v) is 1.93. The second-order valence-electron chi connectivity index (χ2n) is 5.37. The van der Waals surface area contributed by atoms with Gasteiger partial charge in [-0.1, -0.05) is 71.4 Å². The average molecular weight is 276 g/mol. The van der Waals surface area contributed by atoms with E-state index in [-0.39, 0.29) is 0 Å². The summed E-state index contributed by atoms with van der Waals surface area (Å²) >= 11 is 0. The molecule has 0 bridgehead atoms. The van der Waals surface area contributed by atoms with Crippen molar-refractivity contribution in [3.8, 4) is 0 Å². The average Bonchev–Trinajstić information content (AvgIpc) is 2.42. The number of hydrogen-bond acceptors (Lipinski definition) is 2. The topological polar surface area (TPSA) is 26.3 Å². The fraction of sp³-hybridized carbons (Fsp3) is 0.500. The molecule has 0 amide bonds. The summed E-state index contributed by atoms with van der Waals surface area (Å²) in [5, 5.41) is 0. The molecule has 0 fully saturated rings. The first-order chi connectivity index (χ1) is 9.40. The summed E-state index contributed by atoms with van der Waals surface area (Å²) < 4.78 is 4.88. The monoisotopic (exact) mass is 276 g/mol. The van der Waals surface area contributed by atoms with Crippen LogP contribution < -0.4 is 0 Å². The molecule has 2 atom stereocenters. The Kier molecular flexibility index (Phi) is 9.44. The van der Waals surface area contributed by atoms with Crippen molar-refractivity contribution >= 4 is 5.97 Å². The van der Waals surface area contributed by atoms with Gasteiger partial charge in [0.15, 0.2) is 0 Å². The van der Waals surface area contributed by atoms with Crippen LogP contribution in [0.4, 0.5) is 0 Å². The molecule has 0 spiro atoms. The highest BCUT2D eigenvalue weighted by Gasteiger charge is 2.08. The van der Waals surface area contributed by atoms with Crippen LogP contribution in [0.15, 0.2) is 49.3 Å². The summed E-state index contributed by atoms with van der Waals surface area (Å²) in [4.78, 5) is 11.0. The summed E-state index contributed by atoms with van der Waals surface area (Å²) in [6, 6.07) is 0. The van der Waals surface area contributed by atoms with Gasteiger partial charge in [0.1, 0.15) is 5.76 Å². The van der Waals surface area contributed by atoms with Crippen LogP contribution in [0, 0.1) is 11.8 Å². The van der Waals surface area contributed by atoms with Gasteiger partial charge < -0.3 is 4.74 Å². The largest absolute Gasteiger partial charge is 0.424 e. The Morgan fingerprint density at radius 2 is 1.80 bits per heavy atom. The third-order valence-electron chi connectivity index (χ3n) is 3.39. The number of ether oxygens (including phenoxy) is 1. The first-order valence-corrected chi connectivity index (χ1v) is 7.30. The first kappa shape index (κ1) is 18.4. The van der Waals surface area contributed by atoms with E-state index >= 15 is 0 Å². The van der Waals surface area contributed by atoms with Crippen LogP contribution in [-0.2, 0) is 9.53 Å². The van der Waals surface area contributed by atoms with E-state index in [1.807, 2.05) is 6.08 Å². The van der Waals surface area contributed by atoms with Gasteiger partial charge in [-0.25, -0.2) is 4.79 Å². The van der Waals surface area contributed by atoms with E-state index in [1.165, 1.54) is 19.3 Å². The van der Waals surface area contributed by atoms with Crippen molar-refractivity contribution in [3.05, 3.63) is 49.3 Å². The second kappa shape index (κ2) is 10.2. The summed E-state index contributed by atoms with van der Waals surface area (Å²) in [6.45, 7) is 17.7. The van der Waals surface area contributed by atoms with Gasteiger partial charge in [0, 0.05) is 6.08 Å². The molecule has 0 radical (unpaired) electrons. The Morgan fingerprint density at radius 1 is 1.15 bits per heavy atom. The summed E-state index contributed by atoms with van der Waals surface area (Å²) in [5.41, 5.74) is 1.03. The predicted octanol–water partition coefficient (Wildman–Crippen LogP) is 5.19. The Morgan fingerprint density at radius 3 is 2.35 bits per heavy atom. The van der Waals surface area contributed by atoms with Crippen molar-refractivity contribution in [3.63, 3.8) is 0 Å². The highest BCUT2D eigenvalue weighted by Crippen LogP contribution is 2.21. The molecule has 2 heteroatoms. The zero-order valence-electron chi connectivity index (χ0n) is 13.2. The SMILES string of the molecule is C=CC(=O)OC(=C)/C=C\C(=C)C(C)CCC(C)CCC. The van der Waals surface area contributed by atoms with Crippen molar-refractivity contribution in [1.29, 1.82) is 0 Å². The van der Waals surface area contributed by atoms with Crippen LogP contribution in [0.25, 0.3) is 0 Å². The Bertz CT molecular complexity index is 377. The molecule has 0 aliphatic heterocycles. The molecule has 0 aliphatic rings. The third-order valence-corrected chi connectivity index (χ3v) is 3.39. The Balaban J connectivity index is 4.15. The zero-order chi connectivity index (χ0) is 15.5. The number of allylic oxidation sites excluding steroid dienone is 3. The molecule has 2 nitrogen and oxygen atoms in total. The van der Waals surface area contributed by atoms with Crippen molar-refractivity contribution in [2.24, 2.45) is 11.8 Å². The van der Waals surface area contributed by atoms with E-state index < -0.39 is 5.97 Å². The molecule has 0 aromatic heterocycles. The summed E-state index contributed by atoms with van der Waals surface area (Å²) in [7, 11) is 0. The van der Waals surface area contributed by atoms with Crippen LogP contribution in [0.3, 0.4) is 0 Å². The van der Waals surface area contributed by atoms with E-state index in [2.05, 4.69) is 40.5 Å². The maximum Gasteiger partial charge on any atom is 0.335 e. The molecule has 0 N–H and O–H groups in total. The minimum absolute atomic E-state index is 0.308. The van der Waals surface area contributed by atoms with Crippen LogP contribution in [0.5, 0.6) is 0 Å². The molecule has 0 heterocycles. The van der Waals surface area contributed by atoms with Gasteiger partial charge >= 0.3 is 5.97 Å². The van der Waals surface area contributed by atoms with E-state index in [1.54, 1.807) is 6.08 Å². The Labute approximate surface area is 123 Å². The van der Waals surface area contributed by atoms with Gasteiger partial charge in [0.2, 0.25) is 0 Å². The normalized spacial score (nSPS) is 13.8. The summed E-state index contributed by atoms with van der Waals surface area (Å²) in [5.74, 6) is 1.01. The number of hydrogen-bond donors (Lipinski definition) is 0. The molecule has 0 aromatic rings. The molecular formula is C18H28O2. The second-order valence-corrected chi connectivity index (χ2v) is 5.37. The van der Waals surface area contributed by atoms with Crippen LogP contribution in [0.1, 0.15) is 46.5 Å². The molecular weight excluding hydrogens is 248 g/mol. The van der Waals surface area contributed by atoms with Crippen LogP contribution in [-0.4, -0.2) is 5.97 Å². The smallest absolute Gasteiger partial charge is 0.335 e. The van der Waals surface area contributed by atoms with Gasteiger partial charge in [0.05, 0.1) is 0 Å². The molecule has 0 saturated heterocycles. The molecule has 0 aliphatic carbocycles. The predicted molar refractivity (Wildman–Crippen MR) is 86.2 cm³/mol. The number of carbonyl (C=O) groups excluding carboxylic acids is 1. The van der Waals surface area contributed by atoms with Crippen LogP contribution in [0.2, 0.25) is 0 Å². The zero-order valence-corrected chi connectivity index (χ0v) is 13.2. The molecule has 0 saturated carbocycles. The third kappa shape index (κ3) is 8.52. The van der Waals surface area contributed by atoms with Crippen LogP contribution >= 0.6 is 0 Å². The molecule has 0 rings (SSSR count). The molecule has 112 valence electrons. The molecule has 2 unspecified atom stereocenters. The molecule has 20 heavy (non-hydrogen) atoms. The highest BCUT2D eigenvalue weighted by molar-refractivity contribution is 5.82. The lowest BCUT2D eigenvalue weighted by molar-refractivity contribution is -0.133. The lowest BCUT2D eigenvalue weighted by Gasteiger charge is -2.15. The first-order valence-electron chi connectivity index (χ1n) is 7.30. The van der Waals surface area contributed by atoms with Crippen molar-refractivity contribution in [2.45, 2.75) is 46.5 Å². The minimum atomic E-state index is -0.494.